The van der Waals surface area contributed by atoms with Gasteiger partial charge in [0.05, 0.1) is 0 Å². The van der Waals surface area contributed by atoms with Crippen molar-refractivity contribution in [1.29, 1.82) is 0 Å². The lowest BCUT2D eigenvalue weighted by Crippen LogP contribution is -2.50. The van der Waals surface area contributed by atoms with Crippen LogP contribution in [0.3, 0.4) is 0 Å². The fourth-order valence-electron chi connectivity index (χ4n) is 3.31. The average molecular weight is 227 g/mol. The molecule has 1 saturated heterocycles. The Morgan fingerprint density at radius 3 is 2.31 bits per heavy atom. The molecule has 1 atom stereocenters. The fraction of sp³-hybridized carbons (Fsp3) is 1.00. The van der Waals surface area contributed by atoms with Gasteiger partial charge in [-0.1, -0.05) is 6.42 Å². The molecule has 0 aromatic rings. The van der Waals surface area contributed by atoms with E-state index < -0.39 is 0 Å². The second-order valence-corrected chi connectivity index (χ2v) is 6.88. The molecule has 1 heterocycles. The summed E-state index contributed by atoms with van der Waals surface area (Å²) in [6.07, 6.45) is 4.72. The van der Waals surface area contributed by atoms with Crippen molar-refractivity contribution in [2.24, 2.45) is 5.92 Å². The maximum absolute atomic E-state index is 8.81. The van der Waals surface area contributed by atoms with Crippen LogP contribution in [0.2, 0.25) is 0 Å². The van der Waals surface area contributed by atoms with Crippen LogP contribution in [0.4, 0.5) is 0 Å². The molecule has 0 radical (unpaired) electrons. The highest BCUT2D eigenvalue weighted by Gasteiger charge is 2.42. The molecule has 1 N–H and O–H groups in total. The minimum absolute atomic E-state index is 0.273. The summed E-state index contributed by atoms with van der Waals surface area (Å²) in [6, 6.07) is 0. The predicted octanol–water partition coefficient (Wildman–Crippen LogP) is 3.05. The van der Waals surface area contributed by atoms with E-state index in [0.29, 0.717) is 12.1 Å². The molecule has 0 bridgehead atoms. The maximum atomic E-state index is 8.81. The van der Waals surface area contributed by atoms with Gasteiger partial charge >= 0.3 is 0 Å². The van der Waals surface area contributed by atoms with Crippen LogP contribution in [-0.2, 0) is 0 Å². The van der Waals surface area contributed by atoms with Crippen molar-refractivity contribution in [1.82, 2.24) is 4.90 Å². The Hall–Kier alpha value is -0.0800. The number of nitrogens with zero attached hydrogens (tertiary/aromatic N) is 1. The van der Waals surface area contributed by atoms with E-state index in [1.807, 2.05) is 0 Å². The zero-order chi connectivity index (χ0) is 12.4. The number of hydrogen-bond donors (Lipinski definition) is 1. The lowest BCUT2D eigenvalue weighted by Gasteiger charge is -2.42. The molecular formula is C14H29NO. The van der Waals surface area contributed by atoms with Gasteiger partial charge in [-0.3, -0.25) is 4.90 Å². The van der Waals surface area contributed by atoms with Gasteiger partial charge in [0.2, 0.25) is 0 Å². The highest BCUT2D eigenvalue weighted by atomic mass is 16.2. The molecule has 1 aliphatic rings. The van der Waals surface area contributed by atoms with Gasteiger partial charge in [-0.15, -0.1) is 0 Å². The van der Waals surface area contributed by atoms with Gasteiger partial charge in [0.1, 0.15) is 0 Å². The van der Waals surface area contributed by atoms with Crippen molar-refractivity contribution in [3.63, 3.8) is 0 Å². The van der Waals surface area contributed by atoms with Gasteiger partial charge in [-0.25, -0.2) is 0 Å². The summed E-state index contributed by atoms with van der Waals surface area (Å²) in [5.41, 5.74) is 0.608. The molecule has 1 rings (SSSR count). The van der Waals surface area contributed by atoms with Crippen LogP contribution in [0, 0.1) is 5.92 Å². The molecule has 96 valence electrons. The van der Waals surface area contributed by atoms with Crippen LogP contribution in [0.5, 0.6) is 0 Å². The normalized spacial score (nSPS) is 26.2. The summed E-state index contributed by atoms with van der Waals surface area (Å²) in [7, 11) is 0. The van der Waals surface area contributed by atoms with E-state index >= 15 is 0 Å². The van der Waals surface area contributed by atoms with Crippen molar-refractivity contribution in [3.8, 4) is 0 Å². The Morgan fingerprint density at radius 1 is 1.25 bits per heavy atom. The summed E-state index contributed by atoms with van der Waals surface area (Å²) in [5.74, 6) is 0.820. The van der Waals surface area contributed by atoms with E-state index in [-0.39, 0.29) is 5.54 Å². The molecule has 0 spiro atoms. The summed E-state index contributed by atoms with van der Waals surface area (Å²) < 4.78 is 0. The van der Waals surface area contributed by atoms with Gasteiger partial charge in [-0.2, -0.15) is 0 Å². The molecule has 0 aromatic heterocycles. The van der Waals surface area contributed by atoms with Gasteiger partial charge in [-0.05, 0) is 59.8 Å². The van der Waals surface area contributed by atoms with Crippen LogP contribution in [0.25, 0.3) is 0 Å². The number of unbranched alkanes of at least 4 members (excludes halogenated alkanes) is 1. The third-order valence-corrected chi connectivity index (χ3v) is 3.79. The molecule has 1 aliphatic heterocycles. The lowest BCUT2D eigenvalue weighted by molar-refractivity contribution is 0.0669. The molecule has 0 saturated carbocycles. The topological polar surface area (TPSA) is 23.5 Å². The Bertz CT molecular complexity index is 217. The molecule has 1 unspecified atom stereocenters. The first kappa shape index (κ1) is 14.0. The minimum atomic E-state index is 0.273. The molecule has 0 aromatic carbocycles. The quantitative estimate of drug-likeness (QED) is 0.746. The molecule has 16 heavy (non-hydrogen) atoms. The van der Waals surface area contributed by atoms with Crippen molar-refractivity contribution >= 4 is 0 Å². The molecule has 2 nitrogen and oxygen atoms in total. The van der Waals surface area contributed by atoms with Crippen LogP contribution in [0.1, 0.15) is 60.3 Å². The standard InChI is InChI=1S/C14H29NO/c1-13(2,3)15-11-12(8-6-7-9-16)10-14(15,4)5/h12,16H,6-11H2,1-5H3. The molecule has 2 heteroatoms. The summed E-state index contributed by atoms with van der Waals surface area (Å²) in [5, 5.41) is 8.81. The first-order valence-corrected chi connectivity index (χ1v) is 6.66. The third-order valence-electron chi connectivity index (χ3n) is 3.79. The second kappa shape index (κ2) is 5.05. The van der Waals surface area contributed by atoms with Crippen LogP contribution in [-0.4, -0.2) is 34.2 Å². The zero-order valence-corrected chi connectivity index (χ0v) is 11.7. The fourth-order valence-corrected chi connectivity index (χ4v) is 3.31. The molecule has 0 amide bonds. The summed E-state index contributed by atoms with van der Waals surface area (Å²) in [6.45, 7) is 13.2. The smallest absolute Gasteiger partial charge is 0.0431 e. The monoisotopic (exact) mass is 227 g/mol. The average Bonchev–Trinajstić information content (AvgIpc) is 2.41. The molecule has 0 aliphatic carbocycles. The summed E-state index contributed by atoms with van der Waals surface area (Å²) >= 11 is 0. The van der Waals surface area contributed by atoms with E-state index in [9.17, 15) is 0 Å². The van der Waals surface area contributed by atoms with Crippen molar-refractivity contribution in [2.75, 3.05) is 13.2 Å². The SMILES string of the molecule is CC(C)(C)N1CC(CCCCO)CC1(C)C. The number of likely N-dealkylation sites (tertiary alicyclic amines) is 1. The minimum Gasteiger partial charge on any atom is -0.396 e. The highest BCUT2D eigenvalue weighted by Crippen LogP contribution is 2.39. The van der Waals surface area contributed by atoms with Crippen molar-refractivity contribution in [2.45, 2.75) is 71.4 Å². The van der Waals surface area contributed by atoms with Crippen LogP contribution in [0.15, 0.2) is 0 Å². The van der Waals surface area contributed by atoms with Crippen molar-refractivity contribution < 1.29 is 5.11 Å². The molecule has 1 fully saturated rings. The first-order chi connectivity index (χ1) is 7.27. The number of rotatable bonds is 4. The van der Waals surface area contributed by atoms with E-state index in [2.05, 4.69) is 39.5 Å². The maximum Gasteiger partial charge on any atom is 0.0431 e. The summed E-state index contributed by atoms with van der Waals surface area (Å²) in [4.78, 5) is 2.64. The second-order valence-electron chi connectivity index (χ2n) is 6.88. The number of aliphatic hydroxyl groups excluding tert-OH is 1. The Labute approximate surface area is 101 Å². The van der Waals surface area contributed by atoms with E-state index in [4.69, 9.17) is 5.11 Å². The third kappa shape index (κ3) is 3.46. The van der Waals surface area contributed by atoms with Gasteiger partial charge in [0, 0.05) is 24.2 Å². The van der Waals surface area contributed by atoms with Crippen LogP contribution < -0.4 is 0 Å². The van der Waals surface area contributed by atoms with Crippen molar-refractivity contribution in [3.05, 3.63) is 0 Å². The van der Waals surface area contributed by atoms with E-state index in [1.165, 1.54) is 25.8 Å². The molecular weight excluding hydrogens is 198 g/mol. The van der Waals surface area contributed by atoms with E-state index in [0.717, 1.165) is 12.3 Å². The Kier molecular flexibility index (Phi) is 4.42. The van der Waals surface area contributed by atoms with Gasteiger partial charge < -0.3 is 5.11 Å². The van der Waals surface area contributed by atoms with E-state index in [1.54, 1.807) is 0 Å². The number of hydrogen-bond acceptors (Lipinski definition) is 2. The largest absolute Gasteiger partial charge is 0.396 e. The Balaban J connectivity index is 2.51. The number of aliphatic hydroxyl groups is 1. The lowest BCUT2D eigenvalue weighted by atomic mass is 9.92. The highest BCUT2D eigenvalue weighted by molar-refractivity contribution is 4.98. The Morgan fingerprint density at radius 2 is 1.88 bits per heavy atom. The zero-order valence-electron chi connectivity index (χ0n) is 11.7. The predicted molar refractivity (Wildman–Crippen MR) is 69.6 cm³/mol. The van der Waals surface area contributed by atoms with Gasteiger partial charge in [0.15, 0.2) is 0 Å². The van der Waals surface area contributed by atoms with Gasteiger partial charge in [0.25, 0.3) is 0 Å². The van der Waals surface area contributed by atoms with Crippen LogP contribution >= 0.6 is 0 Å². The first-order valence-electron chi connectivity index (χ1n) is 6.66.